The van der Waals surface area contributed by atoms with Gasteiger partial charge in [0, 0.05) is 6.42 Å². The Bertz CT molecular complexity index is 388. The number of rotatable bonds is 5. The largest absolute Gasteiger partial charge is 0.465 e. The van der Waals surface area contributed by atoms with Gasteiger partial charge in [0.2, 0.25) is 5.91 Å². The van der Waals surface area contributed by atoms with Crippen LogP contribution in [0, 0.1) is 12.3 Å². The minimum absolute atomic E-state index is 0.0726. The van der Waals surface area contributed by atoms with Crippen molar-refractivity contribution in [1.29, 1.82) is 0 Å². The van der Waals surface area contributed by atoms with Crippen molar-refractivity contribution in [3.63, 3.8) is 0 Å². The highest BCUT2D eigenvalue weighted by atomic mass is 16.3. The Balaban J connectivity index is 1.77. The molecule has 1 fully saturated rings. The molecule has 1 heterocycles. The molecule has 0 radical (unpaired) electrons. The highest BCUT2D eigenvalue weighted by Gasteiger charge is 2.37. The molecule has 1 amide bonds. The van der Waals surface area contributed by atoms with E-state index in [1.54, 1.807) is 0 Å². The van der Waals surface area contributed by atoms with Crippen LogP contribution in [0.1, 0.15) is 37.2 Å². The molecule has 0 bridgehead atoms. The van der Waals surface area contributed by atoms with E-state index in [0.717, 1.165) is 24.4 Å². The van der Waals surface area contributed by atoms with Gasteiger partial charge in [0.25, 0.3) is 0 Å². The van der Waals surface area contributed by atoms with Crippen molar-refractivity contribution in [3.8, 4) is 0 Å². The third-order valence-corrected chi connectivity index (χ3v) is 3.64. The Morgan fingerprint density at radius 3 is 2.76 bits per heavy atom. The van der Waals surface area contributed by atoms with E-state index in [1.165, 1.54) is 6.42 Å². The Hall–Kier alpha value is -1.29. The topological polar surface area (TPSA) is 68.3 Å². The molecule has 94 valence electrons. The lowest BCUT2D eigenvalue weighted by molar-refractivity contribution is -0.125. The van der Waals surface area contributed by atoms with Gasteiger partial charge in [-0.1, -0.05) is 6.42 Å². The second-order valence-corrected chi connectivity index (χ2v) is 5.02. The smallest absolute Gasteiger partial charge is 0.220 e. The molecule has 0 unspecified atom stereocenters. The molecule has 1 saturated carbocycles. The zero-order valence-electron chi connectivity index (χ0n) is 10.3. The van der Waals surface area contributed by atoms with Gasteiger partial charge < -0.3 is 15.5 Å². The molecule has 1 aliphatic carbocycles. The summed E-state index contributed by atoms with van der Waals surface area (Å²) in [6.45, 7) is 2.97. The molecule has 0 saturated heterocycles. The quantitative estimate of drug-likeness (QED) is 0.818. The highest BCUT2D eigenvalue weighted by molar-refractivity contribution is 5.76. The van der Waals surface area contributed by atoms with Gasteiger partial charge >= 0.3 is 0 Å². The van der Waals surface area contributed by atoms with E-state index in [9.17, 15) is 4.79 Å². The average Bonchev–Trinajstić information content (AvgIpc) is 2.67. The first kappa shape index (κ1) is 12.2. The number of aryl methyl sites for hydroxylation is 1. The summed E-state index contributed by atoms with van der Waals surface area (Å²) in [7, 11) is 0. The average molecular weight is 236 g/mol. The number of carbonyl (C=O) groups is 1. The van der Waals surface area contributed by atoms with Gasteiger partial charge in [-0.3, -0.25) is 4.79 Å². The molecule has 4 nitrogen and oxygen atoms in total. The van der Waals surface area contributed by atoms with Gasteiger partial charge in [0.15, 0.2) is 0 Å². The number of nitrogens with two attached hydrogens (primary N) is 1. The molecular formula is C13H20N2O2. The fourth-order valence-corrected chi connectivity index (χ4v) is 2.30. The van der Waals surface area contributed by atoms with Crippen LogP contribution in [0.4, 0.5) is 0 Å². The molecule has 1 aliphatic rings. The Labute approximate surface area is 102 Å². The van der Waals surface area contributed by atoms with Crippen LogP contribution in [0.25, 0.3) is 0 Å². The Morgan fingerprint density at radius 2 is 2.29 bits per heavy atom. The molecule has 0 spiro atoms. The van der Waals surface area contributed by atoms with E-state index in [2.05, 4.69) is 5.32 Å². The number of hydrogen-bond donors (Lipinski definition) is 2. The van der Waals surface area contributed by atoms with E-state index >= 15 is 0 Å². The van der Waals surface area contributed by atoms with Gasteiger partial charge in [0.05, 0.1) is 6.54 Å². The molecule has 1 aromatic heterocycles. The second kappa shape index (κ2) is 4.92. The summed E-state index contributed by atoms with van der Waals surface area (Å²) in [6.07, 6.45) is 3.90. The summed E-state index contributed by atoms with van der Waals surface area (Å²) in [6, 6.07) is 3.78. The fourth-order valence-electron chi connectivity index (χ4n) is 2.30. The highest BCUT2D eigenvalue weighted by Crippen LogP contribution is 2.42. The van der Waals surface area contributed by atoms with Crippen molar-refractivity contribution < 1.29 is 9.21 Å². The number of nitrogens with one attached hydrogen (secondary N) is 1. The van der Waals surface area contributed by atoms with Crippen molar-refractivity contribution >= 4 is 5.91 Å². The first-order valence-corrected chi connectivity index (χ1v) is 6.16. The van der Waals surface area contributed by atoms with Crippen LogP contribution in [-0.4, -0.2) is 12.5 Å². The summed E-state index contributed by atoms with van der Waals surface area (Å²) in [5.74, 6) is 1.74. The second-order valence-electron chi connectivity index (χ2n) is 5.02. The van der Waals surface area contributed by atoms with Crippen molar-refractivity contribution in [2.75, 3.05) is 6.54 Å². The third kappa shape index (κ3) is 2.88. The van der Waals surface area contributed by atoms with Crippen LogP contribution < -0.4 is 11.1 Å². The van der Waals surface area contributed by atoms with E-state index in [0.29, 0.717) is 19.5 Å². The third-order valence-electron chi connectivity index (χ3n) is 3.64. The van der Waals surface area contributed by atoms with Crippen molar-refractivity contribution in [3.05, 3.63) is 23.7 Å². The summed E-state index contributed by atoms with van der Waals surface area (Å²) in [5.41, 5.74) is 5.80. The van der Waals surface area contributed by atoms with Gasteiger partial charge in [-0.2, -0.15) is 0 Å². The lowest BCUT2D eigenvalue weighted by Crippen LogP contribution is -2.41. The lowest BCUT2D eigenvalue weighted by atomic mass is 9.66. The predicted molar refractivity (Wildman–Crippen MR) is 65.2 cm³/mol. The minimum atomic E-state index is 0.0726. The SMILES string of the molecule is Cc1ccc(CNC(=O)CC2(CN)CCC2)o1. The van der Waals surface area contributed by atoms with Crippen LogP contribution in [0.3, 0.4) is 0 Å². The molecule has 1 aromatic rings. The van der Waals surface area contributed by atoms with E-state index in [4.69, 9.17) is 10.2 Å². The maximum atomic E-state index is 11.8. The van der Waals surface area contributed by atoms with Gasteiger partial charge in [-0.25, -0.2) is 0 Å². The summed E-state index contributed by atoms with van der Waals surface area (Å²) in [5, 5.41) is 2.88. The molecule has 2 rings (SSSR count). The molecule has 3 N–H and O–H groups in total. The lowest BCUT2D eigenvalue weighted by Gasteiger charge is -2.40. The maximum Gasteiger partial charge on any atom is 0.220 e. The van der Waals surface area contributed by atoms with Crippen molar-refractivity contribution in [2.45, 2.75) is 39.2 Å². The summed E-state index contributed by atoms with van der Waals surface area (Å²) >= 11 is 0. The fraction of sp³-hybridized carbons (Fsp3) is 0.615. The first-order valence-electron chi connectivity index (χ1n) is 6.16. The van der Waals surface area contributed by atoms with Crippen LogP contribution in [0.5, 0.6) is 0 Å². The zero-order valence-corrected chi connectivity index (χ0v) is 10.3. The minimum Gasteiger partial charge on any atom is -0.465 e. The Kier molecular flexibility index (Phi) is 3.52. The van der Waals surface area contributed by atoms with Gasteiger partial charge in [-0.15, -0.1) is 0 Å². The molecule has 0 aliphatic heterocycles. The molecule has 4 heteroatoms. The standard InChI is InChI=1S/C13H20N2O2/c1-10-3-4-11(17-10)8-15-12(16)7-13(9-14)5-2-6-13/h3-4H,2,5-9,14H2,1H3,(H,15,16). The van der Waals surface area contributed by atoms with Crippen molar-refractivity contribution in [2.24, 2.45) is 11.1 Å². The van der Waals surface area contributed by atoms with Crippen LogP contribution in [0.2, 0.25) is 0 Å². The zero-order chi connectivity index (χ0) is 12.3. The predicted octanol–water partition coefficient (Wildman–Crippen LogP) is 1.72. The Morgan fingerprint density at radius 1 is 1.53 bits per heavy atom. The van der Waals surface area contributed by atoms with Gasteiger partial charge in [-0.05, 0) is 43.9 Å². The van der Waals surface area contributed by atoms with Crippen LogP contribution >= 0.6 is 0 Å². The number of amides is 1. The normalized spacial score (nSPS) is 17.5. The molecule has 0 atom stereocenters. The van der Waals surface area contributed by atoms with Crippen molar-refractivity contribution in [1.82, 2.24) is 5.32 Å². The molecule has 0 aromatic carbocycles. The number of carbonyl (C=O) groups excluding carboxylic acids is 1. The first-order chi connectivity index (χ1) is 8.13. The van der Waals surface area contributed by atoms with E-state index in [-0.39, 0.29) is 11.3 Å². The maximum absolute atomic E-state index is 11.8. The molecule has 17 heavy (non-hydrogen) atoms. The van der Waals surface area contributed by atoms with Crippen LogP contribution in [0.15, 0.2) is 16.5 Å². The van der Waals surface area contributed by atoms with E-state index < -0.39 is 0 Å². The van der Waals surface area contributed by atoms with E-state index in [1.807, 2.05) is 19.1 Å². The number of furan rings is 1. The number of hydrogen-bond acceptors (Lipinski definition) is 3. The summed E-state index contributed by atoms with van der Waals surface area (Å²) < 4.78 is 5.39. The monoisotopic (exact) mass is 236 g/mol. The van der Waals surface area contributed by atoms with Gasteiger partial charge in [0.1, 0.15) is 11.5 Å². The van der Waals surface area contributed by atoms with Crippen LogP contribution in [-0.2, 0) is 11.3 Å². The summed E-state index contributed by atoms with van der Waals surface area (Å²) in [4.78, 5) is 11.8. The molecular weight excluding hydrogens is 216 g/mol.